The molecule has 164 valence electrons. The molecule has 3 heterocycles. The van der Waals surface area contributed by atoms with E-state index in [1.54, 1.807) is 28.8 Å². The molecule has 0 spiro atoms. The van der Waals surface area contributed by atoms with E-state index >= 15 is 0 Å². The van der Waals surface area contributed by atoms with Crippen molar-refractivity contribution in [3.05, 3.63) is 75.5 Å². The van der Waals surface area contributed by atoms with Crippen LogP contribution in [-0.2, 0) is 17.9 Å². The minimum Gasteiger partial charge on any atom is -0.396 e. The van der Waals surface area contributed by atoms with E-state index in [1.165, 1.54) is 6.07 Å². The standard InChI is InChI=1S/C24H28FN3O3/c1-3-7-15-10-11-20-21-17(13-28(20)24(15)31)18(14-29)22(27(21)4-2)23(30)26-12-16-8-5-6-9-19(16)25/h3,5-11,17-18,21-22,29H,4,12-14H2,1-2H3,(H,26,30)/b7-3+/t17-,18-,21+,22-/m1/s1. The van der Waals surface area contributed by atoms with Gasteiger partial charge in [-0.1, -0.05) is 37.3 Å². The average molecular weight is 426 g/mol. The lowest BCUT2D eigenvalue weighted by Gasteiger charge is -2.29. The highest BCUT2D eigenvalue weighted by Gasteiger charge is 2.54. The third-order valence-corrected chi connectivity index (χ3v) is 6.61. The van der Waals surface area contributed by atoms with E-state index in [0.29, 0.717) is 24.2 Å². The van der Waals surface area contributed by atoms with Gasteiger partial charge in [-0.25, -0.2) is 4.39 Å². The fraction of sp³-hybridized carbons (Fsp3) is 0.417. The second-order valence-corrected chi connectivity index (χ2v) is 8.17. The normalized spacial score (nSPS) is 25.0. The summed E-state index contributed by atoms with van der Waals surface area (Å²) in [5.74, 6) is -0.932. The first kappa shape index (κ1) is 21.5. The molecule has 4 rings (SSSR count). The summed E-state index contributed by atoms with van der Waals surface area (Å²) in [5, 5.41) is 13.0. The number of allylic oxidation sites excluding steroid dienone is 1. The number of nitrogens with one attached hydrogen (secondary N) is 1. The summed E-state index contributed by atoms with van der Waals surface area (Å²) in [6.45, 7) is 4.86. The van der Waals surface area contributed by atoms with Gasteiger partial charge in [0.2, 0.25) is 5.91 Å². The number of likely N-dealkylation sites (N-methyl/N-ethyl adjacent to an activating group) is 1. The van der Waals surface area contributed by atoms with Crippen molar-refractivity contribution in [3.8, 4) is 0 Å². The Hall–Kier alpha value is -2.77. The van der Waals surface area contributed by atoms with Gasteiger partial charge in [-0.3, -0.25) is 14.5 Å². The fourth-order valence-corrected chi connectivity index (χ4v) is 5.23. The zero-order valence-corrected chi connectivity index (χ0v) is 17.8. The van der Waals surface area contributed by atoms with Gasteiger partial charge in [0.1, 0.15) is 5.82 Å². The molecule has 1 fully saturated rings. The van der Waals surface area contributed by atoms with Crippen molar-refractivity contribution in [2.45, 2.75) is 39.0 Å². The molecular weight excluding hydrogens is 397 g/mol. The van der Waals surface area contributed by atoms with Gasteiger partial charge in [-0.2, -0.15) is 0 Å². The van der Waals surface area contributed by atoms with Gasteiger partial charge >= 0.3 is 0 Å². The van der Waals surface area contributed by atoms with Crippen LogP contribution < -0.4 is 10.9 Å². The van der Waals surface area contributed by atoms with Crippen molar-refractivity contribution in [3.63, 3.8) is 0 Å². The minimum atomic E-state index is -0.532. The Bertz CT molecular complexity index is 1060. The number of pyridine rings is 1. The molecule has 4 atom stereocenters. The molecule has 1 aromatic carbocycles. The summed E-state index contributed by atoms with van der Waals surface area (Å²) >= 11 is 0. The number of aromatic nitrogens is 1. The van der Waals surface area contributed by atoms with Crippen molar-refractivity contribution in [2.75, 3.05) is 13.2 Å². The van der Waals surface area contributed by atoms with Crippen LogP contribution in [0.4, 0.5) is 4.39 Å². The number of nitrogens with zero attached hydrogens (tertiary/aromatic N) is 2. The van der Waals surface area contributed by atoms with E-state index in [2.05, 4.69) is 10.2 Å². The van der Waals surface area contributed by atoms with Crippen molar-refractivity contribution in [2.24, 2.45) is 11.8 Å². The van der Waals surface area contributed by atoms with Gasteiger partial charge in [0.05, 0.1) is 12.1 Å². The van der Waals surface area contributed by atoms with Crippen molar-refractivity contribution >= 4 is 12.0 Å². The van der Waals surface area contributed by atoms with E-state index in [1.807, 2.05) is 32.1 Å². The molecule has 2 N–H and O–H groups in total. The second kappa shape index (κ2) is 8.77. The lowest BCUT2D eigenvalue weighted by Crippen LogP contribution is -2.48. The van der Waals surface area contributed by atoms with Crippen LogP contribution in [0, 0.1) is 17.7 Å². The fourth-order valence-electron chi connectivity index (χ4n) is 5.23. The maximum Gasteiger partial charge on any atom is 0.258 e. The summed E-state index contributed by atoms with van der Waals surface area (Å²) in [6.07, 6.45) is 3.63. The van der Waals surface area contributed by atoms with E-state index in [9.17, 15) is 19.1 Å². The van der Waals surface area contributed by atoms with Crippen molar-refractivity contribution in [1.82, 2.24) is 14.8 Å². The third-order valence-electron chi connectivity index (χ3n) is 6.61. The highest BCUT2D eigenvalue weighted by Crippen LogP contribution is 2.48. The van der Waals surface area contributed by atoms with Gasteiger partial charge in [-0.05, 0) is 31.7 Å². The Kier molecular flexibility index (Phi) is 6.07. The molecule has 1 saturated heterocycles. The lowest BCUT2D eigenvalue weighted by molar-refractivity contribution is -0.127. The first-order chi connectivity index (χ1) is 15.0. The van der Waals surface area contributed by atoms with Crippen LogP contribution >= 0.6 is 0 Å². The van der Waals surface area contributed by atoms with Crippen molar-refractivity contribution < 1.29 is 14.3 Å². The van der Waals surface area contributed by atoms with Crippen molar-refractivity contribution in [1.29, 1.82) is 0 Å². The molecule has 0 bridgehead atoms. The number of likely N-dealkylation sites (tertiary alicyclic amines) is 1. The zero-order chi connectivity index (χ0) is 22.1. The van der Waals surface area contributed by atoms with E-state index in [-0.39, 0.29) is 48.3 Å². The molecular formula is C24H28FN3O3. The van der Waals surface area contributed by atoms with Crippen LogP contribution in [0.5, 0.6) is 0 Å². The van der Waals surface area contributed by atoms with E-state index in [0.717, 1.165) is 5.69 Å². The molecule has 1 aromatic heterocycles. The van der Waals surface area contributed by atoms with Crippen LogP contribution in [0.1, 0.15) is 36.7 Å². The largest absolute Gasteiger partial charge is 0.396 e. The molecule has 0 saturated carbocycles. The summed E-state index contributed by atoms with van der Waals surface area (Å²) in [4.78, 5) is 28.1. The van der Waals surface area contributed by atoms with E-state index < -0.39 is 6.04 Å². The number of hydrogen-bond donors (Lipinski definition) is 2. The molecule has 2 aliphatic rings. The van der Waals surface area contributed by atoms with Gasteiger partial charge in [0.25, 0.3) is 5.56 Å². The highest BCUT2D eigenvalue weighted by molar-refractivity contribution is 5.82. The van der Waals surface area contributed by atoms with Crippen LogP contribution in [0.25, 0.3) is 6.08 Å². The summed E-state index contributed by atoms with van der Waals surface area (Å²) in [7, 11) is 0. The lowest BCUT2D eigenvalue weighted by atomic mass is 9.88. The average Bonchev–Trinajstić information content (AvgIpc) is 3.29. The van der Waals surface area contributed by atoms with Crippen LogP contribution in [-0.4, -0.2) is 39.7 Å². The predicted octanol–water partition coefficient (Wildman–Crippen LogP) is 2.32. The van der Waals surface area contributed by atoms with Crippen LogP contribution in [0.15, 0.2) is 47.3 Å². The summed E-state index contributed by atoms with van der Waals surface area (Å²) in [6, 6.07) is 9.49. The molecule has 0 unspecified atom stereocenters. The van der Waals surface area contributed by atoms with Gasteiger partial charge < -0.3 is 15.0 Å². The Morgan fingerprint density at radius 1 is 1.29 bits per heavy atom. The first-order valence-corrected chi connectivity index (χ1v) is 10.8. The smallest absolute Gasteiger partial charge is 0.258 e. The molecule has 31 heavy (non-hydrogen) atoms. The Balaban J connectivity index is 1.62. The number of amides is 1. The number of rotatable bonds is 6. The Morgan fingerprint density at radius 2 is 2.06 bits per heavy atom. The minimum absolute atomic E-state index is 0.0392. The van der Waals surface area contributed by atoms with Crippen LogP contribution in [0.3, 0.4) is 0 Å². The van der Waals surface area contributed by atoms with Gasteiger partial charge in [-0.15, -0.1) is 0 Å². The molecule has 6 nitrogen and oxygen atoms in total. The molecule has 7 heteroatoms. The molecule has 1 amide bonds. The first-order valence-electron chi connectivity index (χ1n) is 10.8. The molecule has 2 aromatic rings. The highest BCUT2D eigenvalue weighted by atomic mass is 19.1. The number of benzene rings is 1. The molecule has 0 radical (unpaired) electrons. The predicted molar refractivity (Wildman–Crippen MR) is 117 cm³/mol. The number of carbonyl (C=O) groups is 1. The Morgan fingerprint density at radius 3 is 2.74 bits per heavy atom. The maximum atomic E-state index is 13.9. The topological polar surface area (TPSA) is 74.6 Å². The number of fused-ring (bicyclic) bond motifs is 3. The molecule has 2 aliphatic heterocycles. The number of carbonyl (C=O) groups excluding carboxylic acids is 1. The zero-order valence-electron chi connectivity index (χ0n) is 17.8. The van der Waals surface area contributed by atoms with E-state index in [4.69, 9.17) is 0 Å². The second-order valence-electron chi connectivity index (χ2n) is 8.17. The van der Waals surface area contributed by atoms with Crippen LogP contribution in [0.2, 0.25) is 0 Å². The number of halogens is 1. The summed E-state index contributed by atoms with van der Waals surface area (Å²) < 4.78 is 15.7. The molecule has 0 aliphatic carbocycles. The number of aliphatic hydroxyl groups is 1. The maximum absolute atomic E-state index is 13.9. The SMILES string of the molecule is C/C=C/c1ccc2n(c1=O)C[C@@H]1[C@@H](CO)[C@H](C(=O)NCc3ccccc3F)N(CC)[C@H]21. The number of aliphatic hydroxyl groups excluding tert-OH is 1. The summed E-state index contributed by atoms with van der Waals surface area (Å²) in [5.41, 5.74) is 1.89. The third kappa shape index (κ3) is 3.62. The Labute approximate surface area is 181 Å². The monoisotopic (exact) mass is 425 g/mol. The van der Waals surface area contributed by atoms with Gasteiger partial charge in [0, 0.05) is 48.4 Å². The number of hydrogen-bond acceptors (Lipinski definition) is 4. The van der Waals surface area contributed by atoms with Gasteiger partial charge in [0.15, 0.2) is 0 Å². The quantitative estimate of drug-likeness (QED) is 0.745.